The zero-order valence-corrected chi connectivity index (χ0v) is 11.0. The predicted octanol–water partition coefficient (Wildman–Crippen LogP) is 3.57. The van der Waals surface area contributed by atoms with E-state index in [2.05, 4.69) is 5.32 Å². The molecule has 2 aromatic rings. The number of nitrogens with one attached hydrogen (secondary N) is 1. The molecule has 3 heteroatoms. The fourth-order valence-corrected chi connectivity index (χ4v) is 2.31. The zero-order valence-electron chi connectivity index (χ0n) is 11.0. The van der Waals surface area contributed by atoms with Crippen molar-refractivity contribution in [2.75, 3.05) is 12.4 Å². The number of fused-ring (bicyclic) bond motifs is 2. The number of ketones is 1. The van der Waals surface area contributed by atoms with Crippen LogP contribution in [-0.2, 0) is 6.42 Å². The number of hydrogen-bond donors (Lipinski definition) is 1. The first kappa shape index (κ1) is 11.8. The third-order valence-electron chi connectivity index (χ3n) is 3.36. The molecule has 0 saturated carbocycles. The van der Waals surface area contributed by atoms with Gasteiger partial charge in [-0.1, -0.05) is 11.6 Å². The molecule has 0 aromatic heterocycles. The van der Waals surface area contributed by atoms with Crippen molar-refractivity contribution in [2.45, 2.75) is 13.3 Å². The molecule has 2 aromatic carbocycles. The second-order valence-electron chi connectivity index (χ2n) is 4.77. The lowest BCUT2D eigenvalue weighted by molar-refractivity contribution is 0.0993. The summed E-state index contributed by atoms with van der Waals surface area (Å²) >= 11 is 0. The van der Waals surface area contributed by atoms with Gasteiger partial charge in [-0.25, -0.2) is 0 Å². The smallest absolute Gasteiger partial charge is 0.171 e. The van der Waals surface area contributed by atoms with Gasteiger partial charge in [0.25, 0.3) is 0 Å². The van der Waals surface area contributed by atoms with Crippen molar-refractivity contribution >= 4 is 11.5 Å². The molecule has 0 fully saturated rings. The van der Waals surface area contributed by atoms with Crippen LogP contribution in [-0.4, -0.2) is 12.8 Å². The Morgan fingerprint density at radius 3 is 2.68 bits per heavy atom. The summed E-state index contributed by atoms with van der Waals surface area (Å²) in [5, 5.41) is 3.08. The van der Waals surface area contributed by atoms with Crippen LogP contribution in [0.2, 0.25) is 0 Å². The molecule has 0 spiro atoms. The number of ether oxygens (including phenoxy) is 1. The minimum absolute atomic E-state index is 0.103. The third-order valence-corrected chi connectivity index (χ3v) is 3.36. The first-order valence-corrected chi connectivity index (χ1v) is 6.30. The van der Waals surface area contributed by atoms with Crippen molar-refractivity contribution in [1.29, 1.82) is 0 Å². The van der Waals surface area contributed by atoms with Crippen LogP contribution < -0.4 is 10.1 Å². The number of rotatable bonds is 1. The number of Topliss-reactive ketones (excluding diaryl/α,β-unsaturated/α-hetero) is 1. The molecule has 0 atom stereocenters. The molecule has 0 saturated heterocycles. The van der Waals surface area contributed by atoms with Gasteiger partial charge in [-0.3, -0.25) is 4.79 Å². The minimum Gasteiger partial charge on any atom is -0.456 e. The maximum atomic E-state index is 12.3. The molecule has 0 bridgehead atoms. The second-order valence-corrected chi connectivity index (χ2v) is 4.77. The average molecular weight is 253 g/mol. The van der Waals surface area contributed by atoms with E-state index in [4.69, 9.17) is 4.74 Å². The number of benzene rings is 2. The highest BCUT2D eigenvalue weighted by atomic mass is 16.5. The molecule has 19 heavy (non-hydrogen) atoms. The fourth-order valence-electron chi connectivity index (χ4n) is 2.31. The maximum absolute atomic E-state index is 12.3. The Morgan fingerprint density at radius 1 is 1.11 bits per heavy atom. The quantitative estimate of drug-likeness (QED) is 0.844. The molecule has 96 valence electrons. The van der Waals surface area contributed by atoms with Gasteiger partial charge in [-0.05, 0) is 37.3 Å². The van der Waals surface area contributed by atoms with Crippen molar-refractivity contribution in [2.24, 2.45) is 0 Å². The van der Waals surface area contributed by atoms with Gasteiger partial charge in [0.15, 0.2) is 5.78 Å². The Hall–Kier alpha value is -2.29. The lowest BCUT2D eigenvalue weighted by atomic mass is 10.0. The van der Waals surface area contributed by atoms with Gasteiger partial charge >= 0.3 is 0 Å². The topological polar surface area (TPSA) is 38.3 Å². The summed E-state index contributed by atoms with van der Waals surface area (Å²) in [4.78, 5) is 12.3. The molecule has 0 aliphatic carbocycles. The molecule has 1 heterocycles. The highest BCUT2D eigenvalue weighted by molar-refractivity contribution is 6.01. The summed E-state index contributed by atoms with van der Waals surface area (Å²) in [6.07, 6.45) is 0.376. The van der Waals surface area contributed by atoms with Crippen molar-refractivity contribution < 1.29 is 9.53 Å². The Kier molecular flexibility index (Phi) is 2.75. The van der Waals surface area contributed by atoms with Gasteiger partial charge in [0.1, 0.15) is 11.5 Å². The molecular weight excluding hydrogens is 238 g/mol. The molecule has 1 aliphatic heterocycles. The first-order chi connectivity index (χ1) is 9.17. The second kappa shape index (κ2) is 4.43. The Labute approximate surface area is 112 Å². The molecule has 0 radical (unpaired) electrons. The third kappa shape index (κ3) is 2.08. The predicted molar refractivity (Wildman–Crippen MR) is 75.3 cm³/mol. The van der Waals surface area contributed by atoms with E-state index < -0.39 is 0 Å². The van der Waals surface area contributed by atoms with E-state index in [1.54, 1.807) is 0 Å². The lowest BCUT2D eigenvalue weighted by Gasteiger charge is -2.09. The monoisotopic (exact) mass is 253 g/mol. The van der Waals surface area contributed by atoms with Gasteiger partial charge in [0, 0.05) is 24.7 Å². The highest BCUT2D eigenvalue weighted by Gasteiger charge is 2.21. The van der Waals surface area contributed by atoms with Crippen LogP contribution in [0.3, 0.4) is 0 Å². The van der Waals surface area contributed by atoms with Gasteiger partial charge < -0.3 is 10.1 Å². The molecular formula is C16H15NO2. The van der Waals surface area contributed by atoms with Crippen molar-refractivity contribution in [1.82, 2.24) is 0 Å². The summed E-state index contributed by atoms with van der Waals surface area (Å²) in [7, 11) is 1.86. The number of hydrogen-bond acceptors (Lipinski definition) is 3. The van der Waals surface area contributed by atoms with Crippen LogP contribution in [0.5, 0.6) is 11.5 Å². The summed E-state index contributed by atoms with van der Waals surface area (Å²) in [5.41, 5.74) is 3.64. The van der Waals surface area contributed by atoms with Crippen molar-refractivity contribution in [3.8, 4) is 11.5 Å². The minimum atomic E-state index is 0.103. The SMILES string of the molecule is CNc1ccc2c(c1)CC(=O)c1cc(C)ccc1O2. The van der Waals surface area contributed by atoms with E-state index in [1.807, 2.05) is 50.4 Å². The number of carbonyl (C=O) groups is 1. The Balaban J connectivity index is 2.11. The number of carbonyl (C=O) groups excluding carboxylic acids is 1. The van der Waals surface area contributed by atoms with E-state index in [1.165, 1.54) is 0 Å². The van der Waals surface area contributed by atoms with Crippen LogP contribution in [0, 0.1) is 6.92 Å². The van der Waals surface area contributed by atoms with E-state index in [-0.39, 0.29) is 5.78 Å². The van der Waals surface area contributed by atoms with Gasteiger partial charge in [-0.2, -0.15) is 0 Å². The molecule has 0 unspecified atom stereocenters. The van der Waals surface area contributed by atoms with E-state index in [0.717, 1.165) is 22.6 Å². The molecule has 1 aliphatic rings. The van der Waals surface area contributed by atoms with Crippen LogP contribution in [0.15, 0.2) is 36.4 Å². The number of aryl methyl sites for hydroxylation is 1. The Morgan fingerprint density at radius 2 is 1.89 bits per heavy atom. The maximum Gasteiger partial charge on any atom is 0.171 e. The molecule has 0 amide bonds. The van der Waals surface area contributed by atoms with Gasteiger partial charge in [-0.15, -0.1) is 0 Å². The standard InChI is InChI=1S/C16H15NO2/c1-10-3-5-16-13(7-10)14(18)9-11-8-12(17-2)4-6-15(11)19-16/h3-8,17H,9H2,1-2H3. The fraction of sp³-hybridized carbons (Fsp3) is 0.188. The van der Waals surface area contributed by atoms with Crippen molar-refractivity contribution in [3.63, 3.8) is 0 Å². The first-order valence-electron chi connectivity index (χ1n) is 6.30. The normalized spacial score (nSPS) is 13.1. The van der Waals surface area contributed by atoms with E-state index in [0.29, 0.717) is 17.7 Å². The summed E-state index contributed by atoms with van der Waals surface area (Å²) in [6, 6.07) is 11.5. The van der Waals surface area contributed by atoms with Gasteiger partial charge in [0.05, 0.1) is 5.56 Å². The van der Waals surface area contributed by atoms with Crippen LogP contribution in [0.1, 0.15) is 21.5 Å². The van der Waals surface area contributed by atoms with Crippen LogP contribution >= 0.6 is 0 Å². The largest absolute Gasteiger partial charge is 0.456 e. The zero-order chi connectivity index (χ0) is 13.4. The lowest BCUT2D eigenvalue weighted by Crippen LogP contribution is -2.02. The highest BCUT2D eigenvalue weighted by Crippen LogP contribution is 2.35. The Bertz CT molecular complexity index is 662. The van der Waals surface area contributed by atoms with E-state index in [9.17, 15) is 4.79 Å². The summed E-state index contributed by atoms with van der Waals surface area (Å²) in [6.45, 7) is 1.98. The van der Waals surface area contributed by atoms with Crippen LogP contribution in [0.4, 0.5) is 5.69 Å². The number of anilines is 1. The summed E-state index contributed by atoms with van der Waals surface area (Å²) in [5.74, 6) is 1.51. The molecule has 1 N–H and O–H groups in total. The molecule has 3 nitrogen and oxygen atoms in total. The van der Waals surface area contributed by atoms with Crippen LogP contribution in [0.25, 0.3) is 0 Å². The van der Waals surface area contributed by atoms with Crippen molar-refractivity contribution in [3.05, 3.63) is 53.1 Å². The molecule has 3 rings (SSSR count). The summed E-state index contributed by atoms with van der Waals surface area (Å²) < 4.78 is 5.88. The average Bonchev–Trinajstić information content (AvgIpc) is 2.54. The van der Waals surface area contributed by atoms with Gasteiger partial charge in [0.2, 0.25) is 0 Å². The van der Waals surface area contributed by atoms with E-state index >= 15 is 0 Å².